The van der Waals surface area contributed by atoms with Gasteiger partial charge in [0.2, 0.25) is 0 Å². The van der Waals surface area contributed by atoms with Gasteiger partial charge in [-0.1, -0.05) is 25.0 Å². The van der Waals surface area contributed by atoms with Gasteiger partial charge in [-0.2, -0.15) is 0 Å². The molecule has 2 unspecified atom stereocenters. The molecule has 5 atom stereocenters. The molecule has 0 spiro atoms. The van der Waals surface area contributed by atoms with Crippen LogP contribution < -0.4 is 0 Å². The second kappa shape index (κ2) is 8.31. The summed E-state index contributed by atoms with van der Waals surface area (Å²) in [5, 5.41) is 19.5. The zero-order valence-electron chi connectivity index (χ0n) is 15.9. The highest BCUT2D eigenvalue weighted by atomic mass is 16.6. The third-order valence-corrected chi connectivity index (χ3v) is 5.92. The van der Waals surface area contributed by atoms with E-state index in [-0.39, 0.29) is 30.0 Å². The van der Waals surface area contributed by atoms with Gasteiger partial charge in [-0.25, -0.2) is 0 Å². The quantitative estimate of drug-likeness (QED) is 0.630. The Bertz CT molecular complexity index is 431. The Hall–Kier alpha value is -0.420. The molecule has 24 heavy (non-hydrogen) atoms. The lowest BCUT2D eigenvalue weighted by Gasteiger charge is -2.44. The van der Waals surface area contributed by atoms with Gasteiger partial charge in [0, 0.05) is 13.0 Å². The zero-order chi connectivity index (χ0) is 17.8. The molecule has 2 heterocycles. The minimum atomic E-state index is -0.264. The molecule has 0 radical (unpaired) electrons. The van der Waals surface area contributed by atoms with E-state index < -0.39 is 0 Å². The molecular formula is C20H36O4. The van der Waals surface area contributed by atoms with Crippen molar-refractivity contribution < 1.29 is 19.7 Å². The first-order chi connectivity index (χ1) is 11.3. The lowest BCUT2D eigenvalue weighted by molar-refractivity contribution is -0.243. The highest BCUT2D eigenvalue weighted by Crippen LogP contribution is 2.46. The van der Waals surface area contributed by atoms with Crippen molar-refractivity contribution in [3.63, 3.8) is 0 Å². The van der Waals surface area contributed by atoms with Crippen LogP contribution in [0.25, 0.3) is 0 Å². The van der Waals surface area contributed by atoms with Gasteiger partial charge in [-0.15, -0.1) is 0 Å². The number of hydrogen-bond acceptors (Lipinski definition) is 4. The molecule has 2 fully saturated rings. The van der Waals surface area contributed by atoms with Crippen molar-refractivity contribution >= 4 is 0 Å². The first-order valence-electron chi connectivity index (χ1n) is 9.54. The van der Waals surface area contributed by atoms with E-state index >= 15 is 0 Å². The number of aliphatic hydroxyl groups excluding tert-OH is 2. The summed E-state index contributed by atoms with van der Waals surface area (Å²) in [6, 6.07) is 0. The highest BCUT2D eigenvalue weighted by Gasteiger charge is 2.53. The predicted molar refractivity (Wildman–Crippen MR) is 96.0 cm³/mol. The smallest absolute Gasteiger partial charge is 0.0943 e. The minimum Gasteiger partial charge on any atom is -0.396 e. The van der Waals surface area contributed by atoms with E-state index in [0.717, 1.165) is 38.5 Å². The van der Waals surface area contributed by atoms with Crippen molar-refractivity contribution in [2.24, 2.45) is 5.92 Å². The zero-order valence-corrected chi connectivity index (χ0v) is 15.9. The van der Waals surface area contributed by atoms with Gasteiger partial charge >= 0.3 is 0 Å². The van der Waals surface area contributed by atoms with Crippen LogP contribution in [0.2, 0.25) is 0 Å². The molecule has 2 N–H and O–H groups in total. The predicted octanol–water partition coefficient (Wildman–Crippen LogP) is 3.60. The number of allylic oxidation sites excluding steroid dienone is 1. The monoisotopic (exact) mass is 340 g/mol. The van der Waals surface area contributed by atoms with Crippen molar-refractivity contribution in [1.29, 1.82) is 0 Å². The Morgan fingerprint density at radius 3 is 2.75 bits per heavy atom. The molecule has 140 valence electrons. The van der Waals surface area contributed by atoms with Crippen LogP contribution in [-0.4, -0.2) is 46.8 Å². The maximum Gasteiger partial charge on any atom is 0.0943 e. The molecule has 0 aromatic heterocycles. The van der Waals surface area contributed by atoms with E-state index in [2.05, 4.69) is 33.8 Å². The summed E-state index contributed by atoms with van der Waals surface area (Å²) >= 11 is 0. The standard InChI is InChI=1S/C20H36O4/c1-15(2)7-8-17(22)16(3)6-5-10-19(4)18-9-11-20(24-18,12-13-21)14-23-19/h7,16-18,21-22H,5-6,8-14H2,1-4H3/t16?,17?,18-,19+,20-/m1/s1. The maximum atomic E-state index is 10.2. The molecule has 0 aliphatic carbocycles. The van der Waals surface area contributed by atoms with Crippen LogP contribution in [0.3, 0.4) is 0 Å². The molecule has 0 amide bonds. The average molecular weight is 341 g/mol. The summed E-state index contributed by atoms with van der Waals surface area (Å²) in [7, 11) is 0. The first kappa shape index (κ1) is 19.9. The van der Waals surface area contributed by atoms with E-state index in [1.807, 2.05) is 0 Å². The molecule has 0 aromatic rings. The molecule has 2 aliphatic rings. The Balaban J connectivity index is 1.77. The van der Waals surface area contributed by atoms with Crippen molar-refractivity contribution in [2.45, 2.75) is 96.1 Å². The summed E-state index contributed by atoms with van der Waals surface area (Å²) in [4.78, 5) is 0. The maximum absolute atomic E-state index is 10.2. The van der Waals surface area contributed by atoms with Gasteiger partial charge in [0.05, 0.1) is 30.0 Å². The van der Waals surface area contributed by atoms with Crippen LogP contribution in [0.5, 0.6) is 0 Å². The van der Waals surface area contributed by atoms with Crippen molar-refractivity contribution in [1.82, 2.24) is 0 Å². The minimum absolute atomic E-state index is 0.142. The topological polar surface area (TPSA) is 58.9 Å². The van der Waals surface area contributed by atoms with Crippen LogP contribution in [0, 0.1) is 5.92 Å². The molecule has 2 aliphatic heterocycles. The highest BCUT2D eigenvalue weighted by molar-refractivity contribution is 5.01. The van der Waals surface area contributed by atoms with Crippen molar-refractivity contribution in [2.75, 3.05) is 13.2 Å². The normalized spacial score (nSPS) is 34.8. The number of fused-ring (bicyclic) bond motifs is 2. The van der Waals surface area contributed by atoms with Crippen LogP contribution >= 0.6 is 0 Å². The summed E-state index contributed by atoms with van der Waals surface area (Å²) in [5.74, 6) is 0.297. The first-order valence-corrected chi connectivity index (χ1v) is 9.54. The summed E-state index contributed by atoms with van der Waals surface area (Å²) in [5.41, 5.74) is 0.793. The van der Waals surface area contributed by atoms with E-state index in [1.54, 1.807) is 0 Å². The second-order valence-electron chi connectivity index (χ2n) is 8.36. The average Bonchev–Trinajstić information content (AvgIpc) is 2.91. The van der Waals surface area contributed by atoms with E-state index in [0.29, 0.717) is 18.9 Å². The van der Waals surface area contributed by atoms with E-state index in [9.17, 15) is 10.2 Å². The number of rotatable bonds is 9. The van der Waals surface area contributed by atoms with E-state index in [4.69, 9.17) is 9.47 Å². The second-order valence-corrected chi connectivity index (χ2v) is 8.36. The molecule has 4 heteroatoms. The van der Waals surface area contributed by atoms with Crippen LogP contribution in [-0.2, 0) is 9.47 Å². The Kier molecular flexibility index (Phi) is 6.89. The van der Waals surface area contributed by atoms with Crippen LogP contribution in [0.1, 0.15) is 72.6 Å². The van der Waals surface area contributed by atoms with E-state index in [1.165, 1.54) is 5.57 Å². The molecule has 2 bridgehead atoms. The van der Waals surface area contributed by atoms with Crippen molar-refractivity contribution in [3.8, 4) is 0 Å². The molecule has 0 aromatic carbocycles. The number of aliphatic hydroxyl groups is 2. The molecule has 0 saturated carbocycles. The summed E-state index contributed by atoms with van der Waals surface area (Å²) < 4.78 is 12.5. The van der Waals surface area contributed by atoms with Gasteiger partial charge in [-0.05, 0) is 58.8 Å². The fourth-order valence-corrected chi connectivity index (χ4v) is 3.99. The number of ether oxygens (including phenoxy) is 2. The third-order valence-electron chi connectivity index (χ3n) is 5.92. The van der Waals surface area contributed by atoms with Gasteiger partial charge < -0.3 is 19.7 Å². The van der Waals surface area contributed by atoms with Crippen LogP contribution in [0.15, 0.2) is 11.6 Å². The Morgan fingerprint density at radius 2 is 2.08 bits per heavy atom. The Labute approximate surface area is 147 Å². The van der Waals surface area contributed by atoms with Gasteiger partial charge in [-0.3, -0.25) is 0 Å². The van der Waals surface area contributed by atoms with Gasteiger partial charge in [0.1, 0.15) is 0 Å². The summed E-state index contributed by atoms with van der Waals surface area (Å²) in [6.45, 7) is 9.18. The molecule has 2 rings (SSSR count). The van der Waals surface area contributed by atoms with Crippen molar-refractivity contribution in [3.05, 3.63) is 11.6 Å². The lowest BCUT2D eigenvalue weighted by atomic mass is 9.87. The SMILES string of the molecule is CC(C)=CCC(O)C(C)CCC[C@]1(C)OC[C@]2(CCO)CC[C@H]1O2. The molecular weight excluding hydrogens is 304 g/mol. The molecule has 2 saturated heterocycles. The summed E-state index contributed by atoms with van der Waals surface area (Å²) in [6.07, 6.45) is 8.43. The third kappa shape index (κ3) is 4.81. The lowest BCUT2D eigenvalue weighted by Crippen LogP contribution is -2.52. The fourth-order valence-electron chi connectivity index (χ4n) is 3.99. The molecule has 4 nitrogen and oxygen atoms in total. The Morgan fingerprint density at radius 1 is 1.33 bits per heavy atom. The number of hydrogen-bond donors (Lipinski definition) is 2. The van der Waals surface area contributed by atoms with Gasteiger partial charge in [0.25, 0.3) is 0 Å². The fraction of sp³-hybridized carbons (Fsp3) is 0.900. The van der Waals surface area contributed by atoms with Gasteiger partial charge in [0.15, 0.2) is 0 Å². The largest absolute Gasteiger partial charge is 0.396 e. The van der Waals surface area contributed by atoms with Crippen LogP contribution in [0.4, 0.5) is 0 Å².